The van der Waals surface area contributed by atoms with Crippen LogP contribution in [0.2, 0.25) is 0 Å². The van der Waals surface area contributed by atoms with Crippen LogP contribution in [0.4, 0.5) is 0 Å². The summed E-state index contributed by atoms with van der Waals surface area (Å²) in [6.45, 7) is -0.0946. The molecule has 0 saturated heterocycles. The minimum Gasteiger partial charge on any atom is -0.396 e. The van der Waals surface area contributed by atoms with Gasteiger partial charge in [0, 0.05) is 46.2 Å². The van der Waals surface area contributed by atoms with Gasteiger partial charge in [0.2, 0.25) is 0 Å². The van der Waals surface area contributed by atoms with E-state index in [1.807, 2.05) is 0 Å². The number of hydrogen-bond acceptors (Lipinski definition) is 7. The topological polar surface area (TPSA) is 142 Å². The van der Waals surface area contributed by atoms with E-state index in [0.717, 1.165) is 19.3 Å². The molecule has 0 fully saturated rings. The Morgan fingerprint density at radius 1 is 0.444 bits per heavy atom. The summed E-state index contributed by atoms with van der Waals surface area (Å²) in [5.41, 5.74) is -0.732. The average Bonchev–Trinajstić information content (AvgIpc) is 2.62. The van der Waals surface area contributed by atoms with Crippen LogP contribution in [0.3, 0.4) is 0 Å². The van der Waals surface area contributed by atoms with Crippen LogP contribution in [0, 0.1) is 16.7 Å². The van der Waals surface area contributed by atoms with E-state index in [0.29, 0.717) is 44.9 Å². The summed E-state index contributed by atoms with van der Waals surface area (Å²) in [6, 6.07) is 0. The first kappa shape index (κ1) is 26.7. The van der Waals surface area contributed by atoms with Gasteiger partial charge >= 0.3 is 0 Å². The van der Waals surface area contributed by atoms with Gasteiger partial charge in [0.15, 0.2) is 0 Å². The fourth-order valence-electron chi connectivity index (χ4n) is 4.75. The highest BCUT2D eigenvalue weighted by Crippen LogP contribution is 2.44. The minimum absolute atomic E-state index is 0.00352. The molecule has 27 heavy (non-hydrogen) atoms. The van der Waals surface area contributed by atoms with Crippen LogP contribution < -0.4 is 0 Å². The van der Waals surface area contributed by atoms with Crippen molar-refractivity contribution in [1.29, 1.82) is 0 Å². The summed E-state index contributed by atoms with van der Waals surface area (Å²) < 4.78 is 0. The fourth-order valence-corrected chi connectivity index (χ4v) is 4.75. The van der Waals surface area contributed by atoms with E-state index < -0.39 is 5.41 Å². The Hall–Kier alpha value is -0.280. The molecular weight excluding hydrogens is 352 g/mol. The molecule has 0 bridgehead atoms. The molecule has 0 aromatic heterocycles. The Balaban J connectivity index is 5.23. The van der Waals surface area contributed by atoms with Crippen molar-refractivity contribution in [2.24, 2.45) is 16.7 Å². The summed E-state index contributed by atoms with van der Waals surface area (Å²) >= 11 is 0. The molecule has 1 atom stereocenters. The van der Waals surface area contributed by atoms with Crippen LogP contribution in [0.25, 0.3) is 0 Å². The summed E-state index contributed by atoms with van der Waals surface area (Å²) in [7, 11) is 0. The van der Waals surface area contributed by atoms with Crippen LogP contribution in [-0.2, 0) is 0 Å². The molecule has 0 saturated carbocycles. The van der Waals surface area contributed by atoms with E-state index >= 15 is 0 Å². The van der Waals surface area contributed by atoms with Crippen molar-refractivity contribution in [3.63, 3.8) is 0 Å². The van der Waals surface area contributed by atoms with Crippen LogP contribution in [0.15, 0.2) is 0 Å². The van der Waals surface area contributed by atoms with Gasteiger partial charge in [0.25, 0.3) is 0 Å². The molecule has 164 valence electrons. The highest BCUT2D eigenvalue weighted by molar-refractivity contribution is 4.88. The van der Waals surface area contributed by atoms with E-state index in [2.05, 4.69) is 0 Å². The fraction of sp³-hybridized carbons (Fsp3) is 1.00. The van der Waals surface area contributed by atoms with Gasteiger partial charge in [-0.15, -0.1) is 0 Å². The van der Waals surface area contributed by atoms with Crippen molar-refractivity contribution < 1.29 is 35.7 Å². The third kappa shape index (κ3) is 9.17. The van der Waals surface area contributed by atoms with Gasteiger partial charge in [-0.2, -0.15) is 0 Å². The predicted octanol–water partition coefficient (Wildman–Crippen LogP) is 0.423. The predicted molar refractivity (Wildman–Crippen MR) is 104 cm³/mol. The Kier molecular flexibility index (Phi) is 15.5. The molecule has 0 rings (SSSR count). The summed E-state index contributed by atoms with van der Waals surface area (Å²) in [5.74, 6) is 0.0454. The van der Waals surface area contributed by atoms with Crippen molar-refractivity contribution in [3.8, 4) is 0 Å². The maximum atomic E-state index is 9.53. The standard InChI is InChI=1S/C20H42O7/c21-11-3-18(20(8-15-25,9-16-26)10-17-27)2-1-4-19(5-12-22,6-13-23)7-14-24/h18,21-27H,1-17H2. The lowest BCUT2D eigenvalue weighted by molar-refractivity contribution is 0.0217. The molecule has 1 unspecified atom stereocenters. The van der Waals surface area contributed by atoms with Crippen molar-refractivity contribution in [2.75, 3.05) is 46.2 Å². The van der Waals surface area contributed by atoms with Gasteiger partial charge in [0.05, 0.1) is 0 Å². The SMILES string of the molecule is OCCC(CCCC(CCO)(CCO)CCO)C(CCO)(CCO)CCO. The molecule has 0 aliphatic carbocycles. The molecule has 0 spiro atoms. The highest BCUT2D eigenvalue weighted by Gasteiger charge is 2.37. The average molecular weight is 395 g/mol. The zero-order valence-corrected chi connectivity index (χ0v) is 16.7. The van der Waals surface area contributed by atoms with Gasteiger partial charge in [0.1, 0.15) is 0 Å². The zero-order chi connectivity index (χ0) is 20.6. The summed E-state index contributed by atoms with van der Waals surface area (Å²) in [4.78, 5) is 0. The van der Waals surface area contributed by atoms with Crippen LogP contribution in [0.1, 0.15) is 64.2 Å². The van der Waals surface area contributed by atoms with E-state index in [1.54, 1.807) is 0 Å². The minimum atomic E-state index is -0.422. The lowest BCUT2D eigenvalue weighted by Crippen LogP contribution is -2.35. The molecular formula is C20H42O7. The molecule has 0 aliphatic heterocycles. The number of hydrogen-bond donors (Lipinski definition) is 7. The molecule has 7 heteroatoms. The Labute approximate surface area is 163 Å². The largest absolute Gasteiger partial charge is 0.396 e. The maximum Gasteiger partial charge on any atom is 0.0436 e. The second-order valence-corrected chi connectivity index (χ2v) is 7.81. The molecule has 7 N–H and O–H groups in total. The normalized spacial score (nSPS) is 13.9. The molecule has 0 aromatic rings. The van der Waals surface area contributed by atoms with Crippen molar-refractivity contribution in [2.45, 2.75) is 64.2 Å². The van der Waals surface area contributed by atoms with Crippen molar-refractivity contribution >= 4 is 0 Å². The first-order valence-electron chi connectivity index (χ1n) is 10.3. The Morgan fingerprint density at radius 3 is 1.19 bits per heavy atom. The van der Waals surface area contributed by atoms with Crippen LogP contribution >= 0.6 is 0 Å². The smallest absolute Gasteiger partial charge is 0.0436 e. The second-order valence-electron chi connectivity index (χ2n) is 7.81. The third-order valence-corrected chi connectivity index (χ3v) is 6.36. The van der Waals surface area contributed by atoms with Gasteiger partial charge in [-0.1, -0.05) is 6.42 Å². The Bertz CT molecular complexity index is 304. The van der Waals surface area contributed by atoms with E-state index in [4.69, 9.17) is 0 Å². The molecule has 0 aromatic carbocycles. The molecule has 0 amide bonds. The number of aliphatic hydroxyl groups excluding tert-OH is 7. The van der Waals surface area contributed by atoms with E-state index in [-0.39, 0.29) is 57.6 Å². The maximum absolute atomic E-state index is 9.53. The van der Waals surface area contributed by atoms with Gasteiger partial charge in [-0.3, -0.25) is 0 Å². The second kappa shape index (κ2) is 15.6. The van der Waals surface area contributed by atoms with Crippen LogP contribution in [-0.4, -0.2) is 82.0 Å². The highest BCUT2D eigenvalue weighted by atomic mass is 16.3. The quantitative estimate of drug-likeness (QED) is 0.168. The van der Waals surface area contributed by atoms with E-state index in [9.17, 15) is 35.7 Å². The zero-order valence-electron chi connectivity index (χ0n) is 16.7. The summed E-state index contributed by atoms with van der Waals surface area (Å²) in [6.07, 6.45) is 5.78. The first-order chi connectivity index (χ1) is 13.0. The van der Waals surface area contributed by atoms with Crippen molar-refractivity contribution in [3.05, 3.63) is 0 Å². The molecule has 0 heterocycles. The van der Waals surface area contributed by atoms with Gasteiger partial charge < -0.3 is 35.7 Å². The van der Waals surface area contributed by atoms with E-state index in [1.165, 1.54) is 0 Å². The lowest BCUT2D eigenvalue weighted by atomic mass is 9.65. The molecule has 0 aliphatic rings. The van der Waals surface area contributed by atoms with Gasteiger partial charge in [-0.05, 0) is 74.5 Å². The summed E-state index contributed by atoms with van der Waals surface area (Å²) in [5, 5.41) is 66.3. The monoisotopic (exact) mass is 394 g/mol. The molecule has 0 radical (unpaired) electrons. The third-order valence-electron chi connectivity index (χ3n) is 6.36. The first-order valence-corrected chi connectivity index (χ1v) is 10.3. The molecule has 7 nitrogen and oxygen atoms in total. The number of rotatable bonds is 19. The van der Waals surface area contributed by atoms with Crippen molar-refractivity contribution in [1.82, 2.24) is 0 Å². The lowest BCUT2D eigenvalue weighted by Gasteiger charge is -2.41. The Morgan fingerprint density at radius 2 is 0.852 bits per heavy atom. The number of aliphatic hydroxyl groups is 7. The van der Waals surface area contributed by atoms with Gasteiger partial charge in [-0.25, -0.2) is 0 Å². The van der Waals surface area contributed by atoms with Crippen LogP contribution in [0.5, 0.6) is 0 Å².